The van der Waals surface area contributed by atoms with Gasteiger partial charge in [-0.05, 0) is 44.0 Å². The second kappa shape index (κ2) is 11.0. The third-order valence-corrected chi connectivity index (χ3v) is 5.09. The predicted octanol–water partition coefficient (Wildman–Crippen LogP) is 5.29. The van der Waals surface area contributed by atoms with Crippen molar-refractivity contribution in [1.29, 1.82) is 0 Å². The summed E-state index contributed by atoms with van der Waals surface area (Å²) in [4.78, 5) is 18.9. The fraction of sp³-hybridized carbons (Fsp3) is 0. The van der Waals surface area contributed by atoms with Crippen molar-refractivity contribution < 1.29 is 20.1 Å². The van der Waals surface area contributed by atoms with Crippen molar-refractivity contribution >= 4 is 80.1 Å². The number of halogens is 2. The first-order chi connectivity index (χ1) is 14.3. The molecular formula is C19H13BBr2N3O4S. The number of nitrogens with zero attached hydrogens (tertiary/aromatic N) is 3. The summed E-state index contributed by atoms with van der Waals surface area (Å²) in [5, 5.41) is 29.1. The molecule has 7 nitrogen and oxygen atoms in total. The molecule has 0 aliphatic rings. The van der Waals surface area contributed by atoms with Gasteiger partial charge in [0.2, 0.25) is 0 Å². The van der Waals surface area contributed by atoms with Gasteiger partial charge in [-0.2, -0.15) is 0 Å². The molecule has 2 heterocycles. The molecule has 0 unspecified atom stereocenters. The Morgan fingerprint density at radius 1 is 1.00 bits per heavy atom. The Bertz CT molecular complexity index is 1230. The Balaban J connectivity index is 0.000000190. The summed E-state index contributed by atoms with van der Waals surface area (Å²) in [6, 6.07) is 14.4. The molecule has 4 rings (SSSR count). The molecule has 30 heavy (non-hydrogen) atoms. The molecule has 0 aliphatic carbocycles. The number of thiol groups is 1. The van der Waals surface area contributed by atoms with Crippen molar-refractivity contribution in [1.82, 2.24) is 9.97 Å². The number of hydrogen-bond acceptors (Lipinski definition) is 7. The number of carboxylic acids is 1. The SMILES string of the molecule is O=C(O)c1c(O)cnc2ccccc12.Oc1c(Br)nc2ccccc2c1Br.[B]=NS. The zero-order valence-electron chi connectivity index (χ0n) is 15.1. The van der Waals surface area contributed by atoms with Gasteiger partial charge in [-0.25, -0.2) is 9.78 Å². The Morgan fingerprint density at radius 3 is 2.13 bits per heavy atom. The maximum absolute atomic E-state index is 10.8. The van der Waals surface area contributed by atoms with Crippen LogP contribution >= 0.6 is 44.7 Å². The minimum absolute atomic E-state index is 0.101. The van der Waals surface area contributed by atoms with E-state index in [0.717, 1.165) is 17.1 Å². The van der Waals surface area contributed by atoms with Gasteiger partial charge in [-0.15, -0.1) is 0 Å². The molecule has 0 spiro atoms. The van der Waals surface area contributed by atoms with E-state index in [1.165, 1.54) is 0 Å². The first-order valence-electron chi connectivity index (χ1n) is 8.08. The minimum atomic E-state index is -1.15. The van der Waals surface area contributed by atoms with Crippen LogP contribution in [-0.2, 0) is 0 Å². The van der Waals surface area contributed by atoms with Gasteiger partial charge in [0, 0.05) is 10.8 Å². The molecule has 1 radical (unpaired) electrons. The molecule has 0 saturated carbocycles. The van der Waals surface area contributed by atoms with Gasteiger partial charge in [-0.3, -0.25) is 4.98 Å². The molecule has 0 amide bonds. The van der Waals surface area contributed by atoms with E-state index in [4.69, 9.17) is 5.11 Å². The van der Waals surface area contributed by atoms with E-state index in [0.29, 0.717) is 20.0 Å². The van der Waals surface area contributed by atoms with Crippen LogP contribution in [0, 0.1) is 0 Å². The summed E-state index contributed by atoms with van der Waals surface area (Å²) >= 11 is 9.68. The molecule has 2 aromatic heterocycles. The number of aromatic carboxylic acids is 1. The molecule has 11 heteroatoms. The van der Waals surface area contributed by atoms with Gasteiger partial charge < -0.3 is 15.3 Å². The van der Waals surface area contributed by atoms with Crippen LogP contribution in [0.25, 0.3) is 21.8 Å². The summed E-state index contributed by atoms with van der Waals surface area (Å²) in [6.45, 7) is 0. The Morgan fingerprint density at radius 2 is 1.53 bits per heavy atom. The molecule has 151 valence electrons. The van der Waals surface area contributed by atoms with Crippen LogP contribution in [0.1, 0.15) is 10.4 Å². The van der Waals surface area contributed by atoms with Crippen molar-refractivity contribution in [2.24, 2.45) is 4.30 Å². The number of hydrogen-bond donors (Lipinski definition) is 4. The fourth-order valence-electron chi connectivity index (χ4n) is 2.49. The average Bonchev–Trinajstić information content (AvgIpc) is 2.73. The second-order valence-corrected chi connectivity index (χ2v) is 7.31. The molecule has 2 aromatic carbocycles. The molecular weight excluding hydrogens is 537 g/mol. The normalized spacial score (nSPS) is 9.80. The first kappa shape index (κ1) is 23.8. The Labute approximate surface area is 194 Å². The summed E-state index contributed by atoms with van der Waals surface area (Å²) in [5.41, 5.74) is 1.30. The first-order valence-corrected chi connectivity index (χ1v) is 10.1. The number of benzene rings is 2. The van der Waals surface area contributed by atoms with E-state index in [-0.39, 0.29) is 17.1 Å². The molecule has 0 atom stereocenters. The number of fused-ring (bicyclic) bond motifs is 2. The maximum atomic E-state index is 10.8. The zero-order valence-corrected chi connectivity index (χ0v) is 19.1. The van der Waals surface area contributed by atoms with E-state index in [2.05, 4.69) is 66.6 Å². The molecule has 0 bridgehead atoms. The topological polar surface area (TPSA) is 116 Å². The van der Waals surface area contributed by atoms with Crippen LogP contribution in [0.3, 0.4) is 0 Å². The van der Waals surface area contributed by atoms with Crippen molar-refractivity contribution in [2.45, 2.75) is 0 Å². The molecule has 0 aliphatic heterocycles. The van der Waals surface area contributed by atoms with E-state index in [1.54, 1.807) is 24.3 Å². The van der Waals surface area contributed by atoms with Gasteiger partial charge in [0.1, 0.15) is 15.9 Å². The number of aromatic nitrogens is 2. The van der Waals surface area contributed by atoms with Crippen molar-refractivity contribution in [2.75, 3.05) is 0 Å². The third-order valence-electron chi connectivity index (χ3n) is 3.73. The predicted molar refractivity (Wildman–Crippen MR) is 126 cm³/mol. The quantitative estimate of drug-likeness (QED) is 0.146. The van der Waals surface area contributed by atoms with Gasteiger partial charge in [0.05, 0.1) is 21.7 Å². The number of para-hydroxylation sites is 2. The van der Waals surface area contributed by atoms with Crippen LogP contribution in [0.15, 0.2) is 68.1 Å². The second-order valence-electron chi connectivity index (χ2n) is 5.54. The zero-order chi connectivity index (χ0) is 22.3. The van der Waals surface area contributed by atoms with Crippen LogP contribution < -0.4 is 0 Å². The molecule has 4 aromatic rings. The van der Waals surface area contributed by atoms with Crippen molar-refractivity contribution in [3.8, 4) is 11.5 Å². The summed E-state index contributed by atoms with van der Waals surface area (Å²) in [5.74, 6) is -1.32. The number of carbonyl (C=O) groups is 1. The van der Waals surface area contributed by atoms with Crippen molar-refractivity contribution in [3.05, 3.63) is 69.4 Å². The van der Waals surface area contributed by atoms with Crippen LogP contribution in [0.4, 0.5) is 0 Å². The van der Waals surface area contributed by atoms with Gasteiger partial charge in [-0.1, -0.05) is 36.4 Å². The molecule has 0 saturated heterocycles. The van der Waals surface area contributed by atoms with Crippen LogP contribution in [0.2, 0.25) is 0 Å². The van der Waals surface area contributed by atoms with Gasteiger partial charge in [0.25, 0.3) is 0 Å². The number of pyridine rings is 2. The molecule has 3 N–H and O–H groups in total. The summed E-state index contributed by atoms with van der Waals surface area (Å²) in [6.07, 6.45) is 1.14. The van der Waals surface area contributed by atoms with E-state index in [1.807, 2.05) is 24.3 Å². The van der Waals surface area contributed by atoms with Gasteiger partial charge in [0.15, 0.2) is 5.75 Å². The monoisotopic (exact) mass is 548 g/mol. The Kier molecular flexibility index (Phi) is 8.76. The molecule has 0 fully saturated rings. The van der Waals surface area contributed by atoms with E-state index in [9.17, 15) is 15.0 Å². The number of aromatic hydroxyl groups is 2. The average molecular weight is 550 g/mol. The number of carboxylic acid groups (broad SMARTS) is 1. The van der Waals surface area contributed by atoms with E-state index >= 15 is 0 Å². The third kappa shape index (κ3) is 5.56. The summed E-state index contributed by atoms with van der Waals surface area (Å²) in [7, 11) is 4.34. The van der Waals surface area contributed by atoms with Gasteiger partial charge >= 0.3 is 30.7 Å². The van der Waals surface area contributed by atoms with Crippen molar-refractivity contribution in [3.63, 3.8) is 0 Å². The number of rotatable bonds is 1. The van der Waals surface area contributed by atoms with Crippen LogP contribution in [0.5, 0.6) is 11.5 Å². The summed E-state index contributed by atoms with van der Waals surface area (Å²) < 4.78 is 3.82. The Hall–Kier alpha value is -2.50. The van der Waals surface area contributed by atoms with Crippen LogP contribution in [-0.4, -0.2) is 38.9 Å². The fourth-order valence-corrected chi connectivity index (χ4v) is 3.67. The van der Waals surface area contributed by atoms with E-state index < -0.39 is 5.97 Å². The standard InChI is InChI=1S/C10H7NO3.C9H5Br2NO.BHNS/c12-8-5-11-7-4-2-1-3-6(7)9(8)10(13)14;10-7-5-3-1-2-4-6(5)12-9(11)8(7)13;1-2-3/h1-5,12H,(H,13,14);1-4,13H;3H.